The van der Waals surface area contributed by atoms with E-state index in [1.165, 1.54) is 89.9 Å². The molecule has 1 fully saturated rings. The van der Waals surface area contributed by atoms with Gasteiger partial charge in [-0.15, -0.1) is 0 Å². The Morgan fingerprint density at radius 2 is 0.899 bits per heavy atom. The van der Waals surface area contributed by atoms with Crippen molar-refractivity contribution >= 4 is 5.91 Å². The lowest BCUT2D eigenvalue weighted by Gasteiger charge is -2.40. The van der Waals surface area contributed by atoms with Crippen LogP contribution in [0.25, 0.3) is 0 Å². The van der Waals surface area contributed by atoms with E-state index >= 15 is 0 Å². The number of amides is 1. The standard InChI is InChI=1S/C60H101NO8/c1-3-5-7-9-10-11-12-13-14-15-16-17-18-19-20-21-22-23-24-25-26-27-28-29-30-31-32-33-34-35-36-37-38-39-40-41-42-43-44-46-48-50-56(64)61-53(54(63)49-47-45-8-6-4-2)52-68-60-59(67)58(66)57(65)55(51-62)69-60/h5,7,10-11,13-14,16-17,19-20,22-23,25-26,28-29,47,49,53-55,57-60,62-63,65-67H,3-4,6,8-9,12,15,18,21,24,27,30-46,48,50-52H2,1-2H3,(H,61,64)/b7-5-,11-10-,14-13-,17-16-,20-19-,23-22-,26-25-,29-28-,49-47+. The van der Waals surface area contributed by atoms with Gasteiger partial charge in [-0.25, -0.2) is 0 Å². The van der Waals surface area contributed by atoms with Crippen molar-refractivity contribution < 1.29 is 39.8 Å². The molecule has 0 saturated carbocycles. The maximum atomic E-state index is 12.9. The molecule has 9 nitrogen and oxygen atoms in total. The predicted octanol–water partition coefficient (Wildman–Crippen LogP) is 13.4. The topological polar surface area (TPSA) is 149 Å². The Balaban J connectivity index is 1.99. The molecular weight excluding hydrogens is 863 g/mol. The highest BCUT2D eigenvalue weighted by Gasteiger charge is 2.44. The van der Waals surface area contributed by atoms with Gasteiger partial charge >= 0.3 is 0 Å². The number of nitrogens with one attached hydrogen (secondary N) is 1. The number of carbonyl (C=O) groups excluding carboxylic acids is 1. The molecule has 0 aromatic rings. The zero-order chi connectivity index (χ0) is 50.1. The third-order valence-electron chi connectivity index (χ3n) is 12.4. The first-order valence-electron chi connectivity index (χ1n) is 27.6. The molecule has 1 aliphatic rings. The van der Waals surface area contributed by atoms with Gasteiger partial charge in [0, 0.05) is 6.42 Å². The van der Waals surface area contributed by atoms with Crippen LogP contribution in [0.1, 0.15) is 206 Å². The van der Waals surface area contributed by atoms with E-state index in [2.05, 4.69) is 116 Å². The molecule has 1 amide bonds. The number of unbranched alkanes of at least 4 members (excludes halogenated alkanes) is 19. The average molecular weight is 964 g/mol. The minimum Gasteiger partial charge on any atom is -0.394 e. The average Bonchev–Trinajstić information content (AvgIpc) is 3.35. The van der Waals surface area contributed by atoms with Crippen molar-refractivity contribution in [2.45, 2.75) is 249 Å². The van der Waals surface area contributed by atoms with E-state index in [-0.39, 0.29) is 12.5 Å². The third-order valence-corrected chi connectivity index (χ3v) is 12.4. The van der Waals surface area contributed by atoms with Crippen LogP contribution in [-0.4, -0.2) is 87.5 Å². The zero-order valence-corrected chi connectivity index (χ0v) is 43.5. The summed E-state index contributed by atoms with van der Waals surface area (Å²) in [5, 5.41) is 53.8. The molecule has 0 radical (unpaired) electrons. The van der Waals surface area contributed by atoms with Crippen LogP contribution in [0.2, 0.25) is 0 Å². The Labute approximate surface area is 421 Å². The quantitative estimate of drug-likeness (QED) is 0.0261. The largest absolute Gasteiger partial charge is 0.394 e. The molecule has 6 N–H and O–H groups in total. The molecule has 9 heteroatoms. The normalized spacial score (nSPS) is 20.4. The SMILES string of the molecule is CC/C=C\C/C=C\C/C=C\C/C=C\C/C=C\C/C=C\C/C=C\C/C=C\CCCCCCCCCCCCCCCCCCC(=O)NC(COC1OC(CO)C(O)C(O)C1O)C(O)/C=C/CCCCC. The van der Waals surface area contributed by atoms with Crippen molar-refractivity contribution in [2.24, 2.45) is 0 Å². The molecule has 394 valence electrons. The van der Waals surface area contributed by atoms with E-state index in [9.17, 15) is 30.3 Å². The summed E-state index contributed by atoms with van der Waals surface area (Å²) in [6, 6.07) is -0.805. The molecule has 1 heterocycles. The van der Waals surface area contributed by atoms with Gasteiger partial charge in [0.1, 0.15) is 24.4 Å². The van der Waals surface area contributed by atoms with E-state index in [4.69, 9.17) is 9.47 Å². The first-order valence-corrected chi connectivity index (χ1v) is 27.6. The number of aliphatic hydroxyl groups is 5. The maximum absolute atomic E-state index is 12.9. The summed E-state index contributed by atoms with van der Waals surface area (Å²) in [6.07, 6.45) is 65.2. The van der Waals surface area contributed by atoms with Crippen molar-refractivity contribution in [1.29, 1.82) is 0 Å². The number of allylic oxidation sites excluding steroid dienone is 17. The lowest BCUT2D eigenvalue weighted by atomic mass is 9.99. The molecule has 0 bridgehead atoms. The summed E-state index contributed by atoms with van der Waals surface area (Å²) >= 11 is 0. The summed E-state index contributed by atoms with van der Waals surface area (Å²) in [4.78, 5) is 12.9. The van der Waals surface area contributed by atoms with Crippen LogP contribution in [0.15, 0.2) is 109 Å². The minimum atomic E-state index is -1.57. The number of hydrogen-bond donors (Lipinski definition) is 6. The fourth-order valence-electron chi connectivity index (χ4n) is 7.99. The second kappa shape index (κ2) is 48.5. The van der Waals surface area contributed by atoms with E-state index in [0.29, 0.717) is 6.42 Å². The molecule has 1 rings (SSSR count). The Hall–Kier alpha value is -3.15. The Kier molecular flexibility index (Phi) is 44.9. The number of aliphatic hydroxyl groups excluding tert-OH is 5. The van der Waals surface area contributed by atoms with Gasteiger partial charge in [0.05, 0.1) is 25.4 Å². The highest BCUT2D eigenvalue weighted by atomic mass is 16.7. The van der Waals surface area contributed by atoms with E-state index < -0.39 is 49.5 Å². The van der Waals surface area contributed by atoms with Crippen LogP contribution in [0.3, 0.4) is 0 Å². The maximum Gasteiger partial charge on any atom is 0.220 e. The van der Waals surface area contributed by atoms with Crippen LogP contribution < -0.4 is 5.32 Å². The van der Waals surface area contributed by atoms with Gasteiger partial charge in [0.2, 0.25) is 5.91 Å². The van der Waals surface area contributed by atoms with Gasteiger partial charge < -0.3 is 40.3 Å². The first-order chi connectivity index (χ1) is 33.8. The predicted molar refractivity (Wildman–Crippen MR) is 290 cm³/mol. The van der Waals surface area contributed by atoms with E-state index in [1.807, 2.05) is 6.08 Å². The highest BCUT2D eigenvalue weighted by Crippen LogP contribution is 2.23. The number of hydrogen-bond acceptors (Lipinski definition) is 8. The minimum absolute atomic E-state index is 0.188. The Bertz CT molecular complexity index is 1440. The zero-order valence-electron chi connectivity index (χ0n) is 43.5. The molecule has 0 aromatic heterocycles. The van der Waals surface area contributed by atoms with Crippen molar-refractivity contribution in [2.75, 3.05) is 13.2 Å². The van der Waals surface area contributed by atoms with Crippen LogP contribution >= 0.6 is 0 Å². The van der Waals surface area contributed by atoms with Gasteiger partial charge in [0.25, 0.3) is 0 Å². The summed E-state index contributed by atoms with van der Waals surface area (Å²) < 4.78 is 11.1. The molecule has 7 atom stereocenters. The van der Waals surface area contributed by atoms with Crippen LogP contribution in [-0.2, 0) is 14.3 Å². The van der Waals surface area contributed by atoms with Gasteiger partial charge in [-0.1, -0.05) is 226 Å². The lowest BCUT2D eigenvalue weighted by molar-refractivity contribution is -0.302. The second-order valence-corrected chi connectivity index (χ2v) is 18.6. The molecule has 1 saturated heterocycles. The van der Waals surface area contributed by atoms with Crippen molar-refractivity contribution in [3.63, 3.8) is 0 Å². The molecule has 0 aliphatic carbocycles. The molecular formula is C60H101NO8. The monoisotopic (exact) mass is 964 g/mol. The molecule has 69 heavy (non-hydrogen) atoms. The molecule has 0 aromatic carbocycles. The number of ether oxygens (including phenoxy) is 2. The van der Waals surface area contributed by atoms with Crippen molar-refractivity contribution in [1.82, 2.24) is 5.32 Å². The Morgan fingerprint density at radius 3 is 1.33 bits per heavy atom. The fourth-order valence-corrected chi connectivity index (χ4v) is 7.99. The van der Waals surface area contributed by atoms with Gasteiger partial charge in [0.15, 0.2) is 6.29 Å². The molecule has 7 unspecified atom stereocenters. The summed E-state index contributed by atoms with van der Waals surface area (Å²) in [5.74, 6) is -0.188. The number of carbonyl (C=O) groups is 1. The second-order valence-electron chi connectivity index (χ2n) is 18.6. The van der Waals surface area contributed by atoms with Crippen LogP contribution in [0.5, 0.6) is 0 Å². The molecule has 0 spiro atoms. The smallest absolute Gasteiger partial charge is 0.220 e. The fraction of sp³-hybridized carbons (Fsp3) is 0.683. The van der Waals surface area contributed by atoms with E-state index in [0.717, 1.165) is 96.3 Å². The van der Waals surface area contributed by atoms with Crippen LogP contribution in [0, 0.1) is 0 Å². The first kappa shape index (κ1) is 63.9. The van der Waals surface area contributed by atoms with Crippen LogP contribution in [0.4, 0.5) is 0 Å². The highest BCUT2D eigenvalue weighted by molar-refractivity contribution is 5.76. The van der Waals surface area contributed by atoms with Gasteiger partial charge in [-0.3, -0.25) is 4.79 Å². The van der Waals surface area contributed by atoms with E-state index in [1.54, 1.807) is 6.08 Å². The third kappa shape index (κ3) is 38.2. The summed E-state index contributed by atoms with van der Waals surface area (Å²) in [5.41, 5.74) is 0. The van der Waals surface area contributed by atoms with Gasteiger partial charge in [-0.2, -0.15) is 0 Å². The lowest BCUT2D eigenvalue weighted by Crippen LogP contribution is -2.60. The van der Waals surface area contributed by atoms with Crippen molar-refractivity contribution in [3.8, 4) is 0 Å². The van der Waals surface area contributed by atoms with Gasteiger partial charge in [-0.05, 0) is 83.5 Å². The molecule has 1 aliphatic heterocycles. The summed E-state index contributed by atoms with van der Waals surface area (Å²) in [7, 11) is 0. The Morgan fingerprint density at radius 1 is 0.507 bits per heavy atom. The number of rotatable bonds is 45. The summed E-state index contributed by atoms with van der Waals surface area (Å²) in [6.45, 7) is 3.53. The van der Waals surface area contributed by atoms with Crippen molar-refractivity contribution in [3.05, 3.63) is 109 Å².